The number of carbonyl (C=O) groups is 1. The number of rotatable bonds is 7. The fourth-order valence-corrected chi connectivity index (χ4v) is 2.11. The number of pyridine rings is 1. The minimum atomic E-state index is 0.0806. The fourth-order valence-electron chi connectivity index (χ4n) is 2.11. The molecule has 0 saturated heterocycles. The van der Waals surface area contributed by atoms with E-state index < -0.39 is 0 Å². The molecule has 106 valence electrons. The van der Waals surface area contributed by atoms with Gasteiger partial charge >= 0.3 is 0 Å². The molecule has 0 bridgehead atoms. The minimum absolute atomic E-state index is 0.0806. The van der Waals surface area contributed by atoms with Crippen LogP contribution in [0.3, 0.4) is 0 Å². The molecule has 1 heterocycles. The van der Waals surface area contributed by atoms with Crippen LogP contribution in [0.2, 0.25) is 0 Å². The summed E-state index contributed by atoms with van der Waals surface area (Å²) in [5, 5.41) is 2.93. The van der Waals surface area contributed by atoms with Gasteiger partial charge in [-0.1, -0.05) is 32.6 Å². The van der Waals surface area contributed by atoms with Crippen LogP contribution < -0.4 is 5.32 Å². The Labute approximate surface area is 116 Å². The van der Waals surface area contributed by atoms with Crippen LogP contribution in [-0.2, 0) is 4.79 Å². The van der Waals surface area contributed by atoms with Crippen LogP contribution >= 0.6 is 0 Å². The van der Waals surface area contributed by atoms with Crippen LogP contribution in [0.1, 0.15) is 62.3 Å². The third-order valence-electron chi connectivity index (χ3n) is 3.43. The molecule has 0 atom stereocenters. The molecule has 3 heteroatoms. The smallest absolute Gasteiger partial charge is 0.225 e. The van der Waals surface area contributed by atoms with Gasteiger partial charge in [0.15, 0.2) is 0 Å². The van der Waals surface area contributed by atoms with Crippen molar-refractivity contribution in [2.24, 2.45) is 0 Å². The van der Waals surface area contributed by atoms with E-state index in [1.807, 2.05) is 26.8 Å². The SMILES string of the molecule is CCCCCCCC(=O)Nc1nc(C)cc(C)c1C. The largest absolute Gasteiger partial charge is 0.310 e. The van der Waals surface area contributed by atoms with Gasteiger partial charge in [0.05, 0.1) is 0 Å². The molecule has 0 saturated carbocycles. The van der Waals surface area contributed by atoms with Crippen molar-refractivity contribution in [1.82, 2.24) is 4.98 Å². The molecule has 0 spiro atoms. The Morgan fingerprint density at radius 3 is 2.53 bits per heavy atom. The summed E-state index contributed by atoms with van der Waals surface area (Å²) < 4.78 is 0. The Balaban J connectivity index is 2.44. The molecule has 0 radical (unpaired) electrons. The quantitative estimate of drug-likeness (QED) is 0.744. The van der Waals surface area contributed by atoms with Gasteiger partial charge in [0.2, 0.25) is 5.91 Å². The molecule has 0 aliphatic carbocycles. The molecule has 0 aliphatic rings. The van der Waals surface area contributed by atoms with Crippen molar-refractivity contribution in [3.63, 3.8) is 0 Å². The van der Waals surface area contributed by atoms with Gasteiger partial charge in [0.25, 0.3) is 0 Å². The Morgan fingerprint density at radius 2 is 1.84 bits per heavy atom. The first kappa shape index (κ1) is 15.7. The summed E-state index contributed by atoms with van der Waals surface area (Å²) in [6, 6.07) is 2.04. The maximum Gasteiger partial charge on any atom is 0.225 e. The molecular formula is C16H26N2O. The van der Waals surface area contributed by atoms with Crippen LogP contribution in [0.5, 0.6) is 0 Å². The zero-order valence-corrected chi connectivity index (χ0v) is 12.7. The number of nitrogens with zero attached hydrogens (tertiary/aromatic N) is 1. The number of unbranched alkanes of at least 4 members (excludes halogenated alkanes) is 4. The van der Waals surface area contributed by atoms with E-state index in [1.165, 1.54) is 24.8 Å². The Morgan fingerprint density at radius 1 is 1.16 bits per heavy atom. The molecule has 1 aromatic heterocycles. The number of hydrogen-bond acceptors (Lipinski definition) is 2. The zero-order valence-electron chi connectivity index (χ0n) is 12.7. The first-order valence-corrected chi connectivity index (χ1v) is 7.29. The van der Waals surface area contributed by atoms with Crippen molar-refractivity contribution in [2.75, 3.05) is 5.32 Å². The highest BCUT2D eigenvalue weighted by Crippen LogP contribution is 2.17. The van der Waals surface area contributed by atoms with Crippen LogP contribution in [0.15, 0.2) is 6.07 Å². The van der Waals surface area contributed by atoms with Gasteiger partial charge in [-0.3, -0.25) is 4.79 Å². The first-order valence-electron chi connectivity index (χ1n) is 7.29. The standard InChI is InChI=1S/C16H26N2O/c1-5-6-7-8-9-10-15(19)18-16-14(4)12(2)11-13(3)17-16/h11H,5-10H2,1-4H3,(H,17,18,19). The lowest BCUT2D eigenvalue weighted by atomic mass is 10.1. The predicted molar refractivity (Wildman–Crippen MR) is 80.5 cm³/mol. The summed E-state index contributed by atoms with van der Waals surface area (Å²) in [6.07, 6.45) is 6.43. The number of nitrogens with one attached hydrogen (secondary N) is 1. The number of aryl methyl sites for hydroxylation is 2. The molecule has 1 rings (SSSR count). The molecule has 0 aliphatic heterocycles. The van der Waals surface area contributed by atoms with Crippen molar-refractivity contribution in [2.45, 2.75) is 66.2 Å². The topological polar surface area (TPSA) is 42.0 Å². The highest BCUT2D eigenvalue weighted by atomic mass is 16.1. The summed E-state index contributed by atoms with van der Waals surface area (Å²) >= 11 is 0. The lowest BCUT2D eigenvalue weighted by Gasteiger charge is -2.10. The molecule has 3 nitrogen and oxygen atoms in total. The number of carbonyl (C=O) groups excluding carboxylic acids is 1. The average molecular weight is 262 g/mol. The van der Waals surface area contributed by atoms with Crippen molar-refractivity contribution >= 4 is 11.7 Å². The van der Waals surface area contributed by atoms with Crippen molar-refractivity contribution < 1.29 is 4.79 Å². The van der Waals surface area contributed by atoms with E-state index in [-0.39, 0.29) is 5.91 Å². The minimum Gasteiger partial charge on any atom is -0.310 e. The molecule has 0 aromatic carbocycles. The van der Waals surface area contributed by atoms with E-state index >= 15 is 0 Å². The second-order valence-corrected chi connectivity index (χ2v) is 5.27. The van der Waals surface area contributed by atoms with E-state index in [0.29, 0.717) is 6.42 Å². The summed E-state index contributed by atoms with van der Waals surface area (Å²) in [5.74, 6) is 0.799. The van der Waals surface area contributed by atoms with E-state index in [9.17, 15) is 4.79 Å². The summed E-state index contributed by atoms with van der Waals surface area (Å²) in [7, 11) is 0. The first-order chi connectivity index (χ1) is 9.04. The van der Waals surface area contributed by atoms with Crippen molar-refractivity contribution in [3.8, 4) is 0 Å². The van der Waals surface area contributed by atoms with E-state index in [0.717, 1.165) is 29.9 Å². The van der Waals surface area contributed by atoms with Crippen LogP contribution in [0, 0.1) is 20.8 Å². The number of anilines is 1. The Bertz CT molecular complexity index is 427. The maximum absolute atomic E-state index is 11.9. The molecule has 1 amide bonds. The fraction of sp³-hybridized carbons (Fsp3) is 0.625. The molecule has 0 unspecified atom stereocenters. The lowest BCUT2D eigenvalue weighted by molar-refractivity contribution is -0.116. The molecular weight excluding hydrogens is 236 g/mol. The van der Waals surface area contributed by atoms with Gasteiger partial charge in [0, 0.05) is 12.1 Å². The summed E-state index contributed by atoms with van der Waals surface area (Å²) in [4.78, 5) is 16.3. The molecule has 1 aromatic rings. The van der Waals surface area contributed by atoms with Crippen LogP contribution in [0.25, 0.3) is 0 Å². The van der Waals surface area contributed by atoms with Crippen LogP contribution in [0.4, 0.5) is 5.82 Å². The van der Waals surface area contributed by atoms with Crippen molar-refractivity contribution in [3.05, 3.63) is 22.9 Å². The summed E-state index contributed by atoms with van der Waals surface area (Å²) in [6.45, 7) is 8.19. The normalized spacial score (nSPS) is 10.5. The molecule has 0 fully saturated rings. The highest BCUT2D eigenvalue weighted by Gasteiger charge is 2.08. The third kappa shape index (κ3) is 5.41. The van der Waals surface area contributed by atoms with Gasteiger partial charge in [0.1, 0.15) is 5.82 Å². The second kappa shape index (κ2) is 7.93. The van der Waals surface area contributed by atoms with Gasteiger partial charge in [-0.05, 0) is 44.4 Å². The van der Waals surface area contributed by atoms with Gasteiger partial charge in [-0.2, -0.15) is 0 Å². The average Bonchev–Trinajstić information content (AvgIpc) is 2.35. The van der Waals surface area contributed by atoms with Gasteiger partial charge < -0.3 is 5.32 Å². The number of aromatic nitrogens is 1. The molecule has 19 heavy (non-hydrogen) atoms. The van der Waals surface area contributed by atoms with Gasteiger partial charge in [-0.15, -0.1) is 0 Å². The number of amides is 1. The van der Waals surface area contributed by atoms with E-state index in [1.54, 1.807) is 0 Å². The maximum atomic E-state index is 11.9. The second-order valence-electron chi connectivity index (χ2n) is 5.27. The van der Waals surface area contributed by atoms with E-state index in [2.05, 4.69) is 17.2 Å². The zero-order chi connectivity index (χ0) is 14.3. The summed E-state index contributed by atoms with van der Waals surface area (Å²) in [5.41, 5.74) is 3.18. The molecule has 1 N–H and O–H groups in total. The van der Waals surface area contributed by atoms with Crippen molar-refractivity contribution in [1.29, 1.82) is 0 Å². The van der Waals surface area contributed by atoms with Crippen LogP contribution in [-0.4, -0.2) is 10.9 Å². The lowest BCUT2D eigenvalue weighted by Crippen LogP contribution is -2.14. The Hall–Kier alpha value is -1.38. The van der Waals surface area contributed by atoms with Gasteiger partial charge in [-0.25, -0.2) is 4.98 Å². The number of hydrogen-bond donors (Lipinski definition) is 1. The third-order valence-corrected chi connectivity index (χ3v) is 3.43. The highest BCUT2D eigenvalue weighted by molar-refractivity contribution is 5.90. The Kier molecular flexibility index (Phi) is 6.54. The predicted octanol–water partition coefficient (Wildman–Crippen LogP) is 4.31. The monoisotopic (exact) mass is 262 g/mol. The van der Waals surface area contributed by atoms with E-state index in [4.69, 9.17) is 0 Å².